The minimum atomic E-state index is 0.0593. The van der Waals surface area contributed by atoms with Crippen LogP contribution in [0.25, 0.3) is 10.9 Å². The normalized spacial score (nSPS) is 10.3. The lowest BCUT2D eigenvalue weighted by molar-refractivity contribution is 0.102. The monoisotopic (exact) mass is 214 g/mol. The predicted molar refractivity (Wildman–Crippen MR) is 67.0 cm³/mol. The van der Waals surface area contributed by atoms with Crippen molar-refractivity contribution in [3.05, 3.63) is 42.5 Å². The maximum Gasteiger partial charge on any atom is 0.164 e. The van der Waals surface area contributed by atoms with Crippen molar-refractivity contribution in [1.82, 2.24) is 4.98 Å². The molecule has 0 aliphatic heterocycles. The van der Waals surface area contributed by atoms with Crippen LogP contribution in [0, 0.1) is 0 Å². The summed E-state index contributed by atoms with van der Waals surface area (Å²) in [6.07, 6.45) is 1.76. The zero-order valence-electron chi connectivity index (χ0n) is 9.21. The average molecular weight is 214 g/mol. The molecule has 0 radical (unpaired) electrons. The molecule has 16 heavy (non-hydrogen) atoms. The lowest BCUT2D eigenvalue weighted by Crippen LogP contribution is -2.03. The molecule has 0 spiro atoms. The first kappa shape index (κ1) is 10.5. The molecular formula is C13H14N2O. The van der Waals surface area contributed by atoms with Crippen molar-refractivity contribution in [3.8, 4) is 0 Å². The van der Waals surface area contributed by atoms with E-state index in [-0.39, 0.29) is 5.78 Å². The molecule has 2 aromatic rings. The molecule has 2 rings (SSSR count). The van der Waals surface area contributed by atoms with E-state index in [2.05, 4.69) is 16.9 Å². The SMILES string of the molecule is C=CCNc1[nH]c2ccccc2c1C(C)=O. The lowest BCUT2D eigenvalue weighted by atomic mass is 10.1. The first-order chi connectivity index (χ1) is 7.74. The van der Waals surface area contributed by atoms with Crippen LogP contribution in [-0.2, 0) is 0 Å². The Morgan fingerprint density at radius 2 is 2.25 bits per heavy atom. The second kappa shape index (κ2) is 4.23. The Kier molecular flexibility index (Phi) is 2.77. The summed E-state index contributed by atoms with van der Waals surface area (Å²) >= 11 is 0. The minimum absolute atomic E-state index is 0.0593. The van der Waals surface area contributed by atoms with Crippen LogP contribution in [-0.4, -0.2) is 17.3 Å². The third-order valence-corrected chi connectivity index (χ3v) is 2.48. The van der Waals surface area contributed by atoms with Crippen molar-refractivity contribution in [2.24, 2.45) is 0 Å². The molecule has 3 nitrogen and oxygen atoms in total. The topological polar surface area (TPSA) is 44.9 Å². The molecule has 0 saturated heterocycles. The zero-order valence-corrected chi connectivity index (χ0v) is 9.21. The Balaban J connectivity index is 2.58. The van der Waals surface area contributed by atoms with Gasteiger partial charge in [0, 0.05) is 17.4 Å². The summed E-state index contributed by atoms with van der Waals surface area (Å²) in [5, 5.41) is 4.10. The summed E-state index contributed by atoms with van der Waals surface area (Å²) in [7, 11) is 0. The summed E-state index contributed by atoms with van der Waals surface area (Å²) in [5.41, 5.74) is 1.69. The summed E-state index contributed by atoms with van der Waals surface area (Å²) in [6, 6.07) is 7.78. The number of aromatic nitrogens is 1. The molecule has 3 heteroatoms. The van der Waals surface area contributed by atoms with E-state index < -0.39 is 0 Å². The number of H-pyrrole nitrogens is 1. The van der Waals surface area contributed by atoms with Gasteiger partial charge in [0.05, 0.1) is 5.56 Å². The van der Waals surface area contributed by atoms with E-state index in [4.69, 9.17) is 0 Å². The largest absolute Gasteiger partial charge is 0.368 e. The van der Waals surface area contributed by atoms with Gasteiger partial charge in [0.1, 0.15) is 5.82 Å². The van der Waals surface area contributed by atoms with Crippen LogP contribution in [0.4, 0.5) is 5.82 Å². The van der Waals surface area contributed by atoms with Crippen molar-refractivity contribution in [1.29, 1.82) is 0 Å². The van der Waals surface area contributed by atoms with E-state index in [1.807, 2.05) is 24.3 Å². The Bertz CT molecular complexity index is 540. The number of hydrogen-bond acceptors (Lipinski definition) is 2. The van der Waals surface area contributed by atoms with Crippen LogP contribution in [0.1, 0.15) is 17.3 Å². The first-order valence-electron chi connectivity index (χ1n) is 5.20. The number of aromatic amines is 1. The van der Waals surface area contributed by atoms with Crippen LogP contribution in [0.5, 0.6) is 0 Å². The molecule has 0 fully saturated rings. The second-order valence-corrected chi connectivity index (χ2v) is 3.65. The highest BCUT2D eigenvalue weighted by atomic mass is 16.1. The van der Waals surface area contributed by atoms with E-state index in [1.165, 1.54) is 0 Å². The van der Waals surface area contributed by atoms with E-state index in [1.54, 1.807) is 13.0 Å². The molecule has 0 atom stereocenters. The van der Waals surface area contributed by atoms with Gasteiger partial charge in [-0.1, -0.05) is 24.3 Å². The average Bonchev–Trinajstić information content (AvgIpc) is 2.64. The molecule has 1 heterocycles. The highest BCUT2D eigenvalue weighted by molar-refractivity contribution is 6.11. The van der Waals surface area contributed by atoms with Gasteiger partial charge in [-0.15, -0.1) is 6.58 Å². The second-order valence-electron chi connectivity index (χ2n) is 3.65. The van der Waals surface area contributed by atoms with Crippen molar-refractivity contribution in [2.45, 2.75) is 6.92 Å². The van der Waals surface area contributed by atoms with Crippen molar-refractivity contribution in [2.75, 3.05) is 11.9 Å². The number of benzene rings is 1. The summed E-state index contributed by atoms with van der Waals surface area (Å²) in [5.74, 6) is 0.831. The Labute approximate surface area is 94.2 Å². The molecule has 1 aromatic carbocycles. The Morgan fingerprint density at radius 3 is 2.94 bits per heavy atom. The first-order valence-corrected chi connectivity index (χ1v) is 5.20. The number of nitrogens with one attached hydrogen (secondary N) is 2. The van der Waals surface area contributed by atoms with Crippen LogP contribution in [0.15, 0.2) is 36.9 Å². The Hall–Kier alpha value is -2.03. The van der Waals surface area contributed by atoms with Gasteiger partial charge in [-0.3, -0.25) is 4.79 Å². The van der Waals surface area contributed by atoms with Gasteiger partial charge in [0.25, 0.3) is 0 Å². The van der Waals surface area contributed by atoms with E-state index in [9.17, 15) is 4.79 Å². The van der Waals surface area contributed by atoms with Gasteiger partial charge >= 0.3 is 0 Å². The van der Waals surface area contributed by atoms with Crippen molar-refractivity contribution < 1.29 is 4.79 Å². The number of rotatable bonds is 4. The fourth-order valence-corrected chi connectivity index (χ4v) is 1.81. The summed E-state index contributed by atoms with van der Waals surface area (Å²) in [6.45, 7) is 5.85. The number of fused-ring (bicyclic) bond motifs is 1. The number of para-hydroxylation sites is 1. The summed E-state index contributed by atoms with van der Waals surface area (Å²) < 4.78 is 0. The molecule has 0 amide bonds. The molecule has 2 N–H and O–H groups in total. The number of hydrogen-bond donors (Lipinski definition) is 2. The molecule has 82 valence electrons. The third-order valence-electron chi connectivity index (χ3n) is 2.48. The zero-order chi connectivity index (χ0) is 11.5. The molecule has 0 unspecified atom stereocenters. The number of carbonyl (C=O) groups excluding carboxylic acids is 1. The maximum absolute atomic E-state index is 11.6. The third kappa shape index (κ3) is 1.72. The minimum Gasteiger partial charge on any atom is -0.368 e. The predicted octanol–water partition coefficient (Wildman–Crippen LogP) is 2.97. The van der Waals surface area contributed by atoms with E-state index >= 15 is 0 Å². The van der Waals surface area contributed by atoms with Gasteiger partial charge in [0.15, 0.2) is 5.78 Å². The van der Waals surface area contributed by atoms with Gasteiger partial charge in [-0.2, -0.15) is 0 Å². The summed E-state index contributed by atoms with van der Waals surface area (Å²) in [4.78, 5) is 14.8. The molecule has 0 bridgehead atoms. The number of Topliss-reactive ketones (excluding diaryl/α,β-unsaturated/α-hetero) is 1. The van der Waals surface area contributed by atoms with Crippen LogP contribution in [0.2, 0.25) is 0 Å². The van der Waals surface area contributed by atoms with Gasteiger partial charge in [-0.05, 0) is 13.0 Å². The van der Waals surface area contributed by atoms with Crippen molar-refractivity contribution >= 4 is 22.5 Å². The quantitative estimate of drug-likeness (QED) is 0.607. The molecular weight excluding hydrogens is 200 g/mol. The fraction of sp³-hybridized carbons (Fsp3) is 0.154. The number of ketones is 1. The fourth-order valence-electron chi connectivity index (χ4n) is 1.81. The van der Waals surface area contributed by atoms with Crippen molar-refractivity contribution in [3.63, 3.8) is 0 Å². The maximum atomic E-state index is 11.6. The Morgan fingerprint density at radius 1 is 1.50 bits per heavy atom. The number of carbonyl (C=O) groups is 1. The van der Waals surface area contributed by atoms with Crippen LogP contribution in [0.3, 0.4) is 0 Å². The highest BCUT2D eigenvalue weighted by Gasteiger charge is 2.13. The highest BCUT2D eigenvalue weighted by Crippen LogP contribution is 2.26. The standard InChI is InChI=1S/C13H14N2O/c1-3-8-14-13-12(9(2)16)10-6-4-5-7-11(10)15-13/h3-7,14-15H,1,8H2,2H3. The molecule has 0 aliphatic carbocycles. The van der Waals surface area contributed by atoms with Gasteiger partial charge < -0.3 is 10.3 Å². The molecule has 1 aromatic heterocycles. The van der Waals surface area contributed by atoms with Crippen LogP contribution < -0.4 is 5.32 Å². The van der Waals surface area contributed by atoms with Crippen LogP contribution >= 0.6 is 0 Å². The number of anilines is 1. The van der Waals surface area contributed by atoms with Gasteiger partial charge in [0.2, 0.25) is 0 Å². The van der Waals surface area contributed by atoms with Gasteiger partial charge in [-0.25, -0.2) is 0 Å². The lowest BCUT2D eigenvalue weighted by Gasteiger charge is -2.02. The molecule has 0 saturated carbocycles. The molecule has 0 aliphatic rings. The smallest absolute Gasteiger partial charge is 0.164 e. The van der Waals surface area contributed by atoms with E-state index in [0.717, 1.165) is 22.3 Å². The van der Waals surface area contributed by atoms with E-state index in [0.29, 0.717) is 6.54 Å².